The van der Waals surface area contributed by atoms with Crippen molar-refractivity contribution < 1.29 is 39.9 Å². The predicted molar refractivity (Wildman–Crippen MR) is 56.0 cm³/mol. The molecule has 0 radical (unpaired) electrons. The lowest BCUT2D eigenvalue weighted by Gasteiger charge is -2.23. The third kappa shape index (κ3) is 3.33. The molecule has 0 aliphatic carbocycles. The number of alkyl halides is 8. The molecule has 0 atom stereocenters. The Morgan fingerprint density at radius 3 is 1.90 bits per heavy atom. The molecule has 0 saturated heterocycles. The quantitative estimate of drug-likeness (QED) is 0.569. The fraction of sp³-hybridized carbons (Fsp3) is 0.417. The lowest BCUT2D eigenvalue weighted by Crippen LogP contribution is -2.35. The van der Waals surface area contributed by atoms with Crippen molar-refractivity contribution in [3.8, 4) is 0 Å². The summed E-state index contributed by atoms with van der Waals surface area (Å²) in [6.07, 6.45) is -11.6. The van der Waals surface area contributed by atoms with E-state index in [4.69, 9.17) is 0 Å². The highest BCUT2D eigenvalue weighted by atomic mass is 19.4. The number of benzene rings is 1. The van der Waals surface area contributed by atoms with Crippen molar-refractivity contribution in [1.82, 2.24) is 0 Å². The first-order chi connectivity index (χ1) is 9.32. The summed E-state index contributed by atoms with van der Waals surface area (Å²) in [6.45, 7) is 1.19. The average molecular weight is 320 g/mol. The monoisotopic (exact) mass is 320 g/mol. The minimum atomic E-state index is -6.11. The first-order valence-electron chi connectivity index (χ1n) is 5.51. The van der Waals surface area contributed by atoms with Crippen LogP contribution in [0.3, 0.4) is 0 Å². The normalized spacial score (nSPS) is 13.4. The van der Waals surface area contributed by atoms with Gasteiger partial charge in [-0.2, -0.15) is 35.1 Å². The third-order valence-electron chi connectivity index (χ3n) is 2.66. The molecule has 0 bridgehead atoms. The molecular formula is C12H8F8O. The Hall–Kier alpha value is -1.67. The Kier molecular flexibility index (Phi) is 4.36. The van der Waals surface area contributed by atoms with Gasteiger partial charge in [-0.15, -0.1) is 0 Å². The molecule has 1 aromatic rings. The summed E-state index contributed by atoms with van der Waals surface area (Å²) in [7, 11) is 0. The largest absolute Gasteiger partial charge is 0.458 e. The van der Waals surface area contributed by atoms with Crippen LogP contribution in [0.25, 0.3) is 0 Å². The molecule has 0 spiro atoms. The number of hydrogen-bond acceptors (Lipinski definition) is 1. The number of rotatable bonds is 3. The first-order valence-corrected chi connectivity index (χ1v) is 5.51. The Bertz CT molecular complexity index is 541. The van der Waals surface area contributed by atoms with Gasteiger partial charge in [0.2, 0.25) is 0 Å². The number of Topliss-reactive ketones (excluding diaryl/α,β-unsaturated/α-hetero) is 1. The Balaban J connectivity index is 3.62. The maximum absolute atomic E-state index is 13.3. The van der Waals surface area contributed by atoms with E-state index in [9.17, 15) is 39.9 Å². The molecule has 9 heteroatoms. The van der Waals surface area contributed by atoms with Crippen molar-refractivity contribution in [2.24, 2.45) is 0 Å². The van der Waals surface area contributed by atoms with E-state index in [2.05, 4.69) is 0 Å². The summed E-state index contributed by atoms with van der Waals surface area (Å²) in [5.74, 6) is -6.67. The summed E-state index contributed by atoms with van der Waals surface area (Å²) in [6, 6.07) is 0.291. The van der Waals surface area contributed by atoms with Crippen LogP contribution in [0.2, 0.25) is 0 Å². The summed E-state index contributed by atoms with van der Waals surface area (Å²) in [4.78, 5) is 11.4. The van der Waals surface area contributed by atoms with Crippen LogP contribution in [0.1, 0.15) is 34.8 Å². The van der Waals surface area contributed by atoms with Gasteiger partial charge >= 0.3 is 18.3 Å². The van der Waals surface area contributed by atoms with Crippen LogP contribution in [0, 0.1) is 0 Å². The second-order valence-corrected chi connectivity index (χ2v) is 4.11. The van der Waals surface area contributed by atoms with Gasteiger partial charge in [0.25, 0.3) is 0 Å². The van der Waals surface area contributed by atoms with Crippen LogP contribution in [0.4, 0.5) is 35.1 Å². The van der Waals surface area contributed by atoms with Crippen LogP contribution in [0.5, 0.6) is 0 Å². The molecule has 1 nitrogen and oxygen atoms in total. The zero-order chi connectivity index (χ0) is 16.6. The molecule has 0 aliphatic rings. The van der Waals surface area contributed by atoms with Crippen LogP contribution in [0.15, 0.2) is 18.2 Å². The minimum Gasteiger partial charge on any atom is -0.294 e. The van der Waals surface area contributed by atoms with Crippen molar-refractivity contribution in [3.05, 3.63) is 34.9 Å². The summed E-state index contributed by atoms with van der Waals surface area (Å²) >= 11 is 0. The third-order valence-corrected chi connectivity index (χ3v) is 2.66. The molecule has 0 heterocycles. The second kappa shape index (κ2) is 5.27. The SMILES string of the molecule is CCC(=O)c1ccc(C(F)(F)F)cc1C(F)(F)C(F)(F)F. The van der Waals surface area contributed by atoms with E-state index in [0.29, 0.717) is 12.1 Å². The molecule has 0 N–H and O–H groups in total. The molecule has 1 aromatic carbocycles. The van der Waals surface area contributed by atoms with Gasteiger partial charge in [0.1, 0.15) is 0 Å². The van der Waals surface area contributed by atoms with Gasteiger partial charge < -0.3 is 0 Å². The van der Waals surface area contributed by atoms with Crippen molar-refractivity contribution in [1.29, 1.82) is 0 Å². The zero-order valence-corrected chi connectivity index (χ0v) is 10.4. The van der Waals surface area contributed by atoms with Gasteiger partial charge in [-0.05, 0) is 12.1 Å². The van der Waals surface area contributed by atoms with Crippen molar-refractivity contribution in [2.45, 2.75) is 31.6 Å². The highest BCUT2D eigenvalue weighted by Gasteiger charge is 2.60. The Labute approximate surface area is 113 Å². The molecule has 0 amide bonds. The van der Waals surface area contributed by atoms with Crippen molar-refractivity contribution >= 4 is 5.78 Å². The fourth-order valence-electron chi connectivity index (χ4n) is 1.57. The molecule has 1 rings (SSSR count). The van der Waals surface area contributed by atoms with Crippen molar-refractivity contribution in [2.75, 3.05) is 0 Å². The fourth-order valence-corrected chi connectivity index (χ4v) is 1.57. The number of ketones is 1. The number of carbonyl (C=O) groups is 1. The van der Waals surface area contributed by atoms with E-state index in [1.807, 2.05) is 0 Å². The molecule has 0 aromatic heterocycles. The molecule has 21 heavy (non-hydrogen) atoms. The van der Waals surface area contributed by atoms with Crippen LogP contribution in [-0.2, 0) is 12.1 Å². The molecule has 0 saturated carbocycles. The molecule has 118 valence electrons. The minimum absolute atomic E-state index is 0.291. The van der Waals surface area contributed by atoms with Gasteiger partial charge in [-0.25, -0.2) is 0 Å². The van der Waals surface area contributed by atoms with Gasteiger partial charge in [-0.3, -0.25) is 4.79 Å². The van der Waals surface area contributed by atoms with E-state index < -0.39 is 47.2 Å². The summed E-state index contributed by atoms with van der Waals surface area (Å²) in [5.41, 5.74) is -4.75. The molecular weight excluding hydrogens is 312 g/mol. The van der Waals surface area contributed by atoms with Crippen LogP contribution < -0.4 is 0 Å². The maximum atomic E-state index is 13.3. The van der Waals surface area contributed by atoms with E-state index in [1.54, 1.807) is 0 Å². The summed E-state index contributed by atoms with van der Waals surface area (Å²) < 4.78 is 101. The lowest BCUT2D eigenvalue weighted by atomic mass is 9.94. The van der Waals surface area contributed by atoms with Gasteiger partial charge in [0.05, 0.1) is 5.56 Å². The number of hydrogen-bond donors (Lipinski definition) is 0. The van der Waals surface area contributed by atoms with Gasteiger partial charge in [0, 0.05) is 17.5 Å². The second-order valence-electron chi connectivity index (χ2n) is 4.11. The Morgan fingerprint density at radius 2 is 1.52 bits per heavy atom. The smallest absolute Gasteiger partial charge is 0.294 e. The van der Waals surface area contributed by atoms with E-state index >= 15 is 0 Å². The Morgan fingerprint density at radius 1 is 1.00 bits per heavy atom. The first kappa shape index (κ1) is 17.4. The molecule has 0 aliphatic heterocycles. The van der Waals surface area contributed by atoms with E-state index in [1.165, 1.54) is 6.92 Å². The zero-order valence-electron chi connectivity index (χ0n) is 10.4. The maximum Gasteiger partial charge on any atom is 0.458 e. The van der Waals surface area contributed by atoms with Crippen LogP contribution >= 0.6 is 0 Å². The van der Waals surface area contributed by atoms with E-state index in [0.717, 1.165) is 0 Å². The highest BCUT2D eigenvalue weighted by molar-refractivity contribution is 5.97. The number of carbonyl (C=O) groups excluding carboxylic acids is 1. The molecule has 0 unspecified atom stereocenters. The predicted octanol–water partition coefficient (Wildman–Crippen LogP) is 4.95. The number of halogens is 8. The topological polar surface area (TPSA) is 17.1 Å². The average Bonchev–Trinajstić information content (AvgIpc) is 2.34. The molecule has 0 fully saturated rings. The van der Waals surface area contributed by atoms with E-state index in [-0.39, 0.29) is 6.07 Å². The standard InChI is InChI=1S/C12H8F8O/c1-2-9(21)7-4-3-6(11(15,16)17)5-8(7)10(13,14)12(18,19)20/h3-5H,2H2,1H3. The summed E-state index contributed by atoms with van der Waals surface area (Å²) in [5, 5.41) is 0. The lowest BCUT2D eigenvalue weighted by molar-refractivity contribution is -0.289. The van der Waals surface area contributed by atoms with Gasteiger partial charge in [0.15, 0.2) is 5.78 Å². The highest BCUT2D eigenvalue weighted by Crippen LogP contribution is 2.46. The van der Waals surface area contributed by atoms with Crippen LogP contribution in [-0.4, -0.2) is 12.0 Å². The van der Waals surface area contributed by atoms with Crippen molar-refractivity contribution in [3.63, 3.8) is 0 Å². The van der Waals surface area contributed by atoms with Gasteiger partial charge in [-0.1, -0.05) is 13.0 Å².